The Morgan fingerprint density at radius 2 is 1.91 bits per heavy atom. The Kier molecular flexibility index (Phi) is 3.89. The highest BCUT2D eigenvalue weighted by atomic mass is 19.4. The van der Waals surface area contributed by atoms with Crippen LogP contribution >= 0.6 is 0 Å². The van der Waals surface area contributed by atoms with Gasteiger partial charge in [-0.25, -0.2) is 0 Å². The second kappa shape index (κ2) is 5.57. The van der Waals surface area contributed by atoms with Crippen LogP contribution < -0.4 is 5.73 Å². The molecular weight excluding hydrogens is 293 g/mol. The smallest absolute Gasteiger partial charge is 0.341 e. The molecule has 1 saturated carbocycles. The molecule has 0 unspecified atom stereocenters. The van der Waals surface area contributed by atoms with E-state index in [1.165, 1.54) is 12.1 Å². The minimum absolute atomic E-state index is 0.0426. The van der Waals surface area contributed by atoms with Gasteiger partial charge in [0.1, 0.15) is 0 Å². The molecule has 1 aromatic rings. The summed E-state index contributed by atoms with van der Waals surface area (Å²) in [6.07, 6.45) is -1.74. The van der Waals surface area contributed by atoms with Gasteiger partial charge in [0, 0.05) is 25.0 Å². The van der Waals surface area contributed by atoms with Crippen LogP contribution in [0.5, 0.6) is 0 Å². The summed E-state index contributed by atoms with van der Waals surface area (Å²) in [5, 5.41) is 0. The lowest BCUT2D eigenvalue weighted by molar-refractivity contribution is -0.137. The predicted octanol–water partition coefficient (Wildman–Crippen LogP) is 2.76. The number of piperidine rings is 1. The Morgan fingerprint density at radius 1 is 1.23 bits per heavy atom. The van der Waals surface area contributed by atoms with E-state index < -0.39 is 11.7 Å². The number of carbonyl (C=O) groups is 1. The Labute approximate surface area is 127 Å². The van der Waals surface area contributed by atoms with Crippen molar-refractivity contribution >= 4 is 5.91 Å². The highest BCUT2D eigenvalue weighted by Gasteiger charge is 2.46. The van der Waals surface area contributed by atoms with Gasteiger partial charge in [0.2, 0.25) is 5.91 Å². The Bertz CT molecular complexity index is 556. The van der Waals surface area contributed by atoms with Gasteiger partial charge < -0.3 is 10.6 Å². The maximum absolute atomic E-state index is 12.5. The lowest BCUT2D eigenvalue weighted by atomic mass is 10.0. The van der Waals surface area contributed by atoms with Gasteiger partial charge in [0.15, 0.2) is 0 Å². The minimum Gasteiger partial charge on any atom is -0.341 e. The van der Waals surface area contributed by atoms with E-state index in [1.54, 1.807) is 0 Å². The summed E-state index contributed by atoms with van der Waals surface area (Å²) in [5.74, 6) is 0.0509. The highest BCUT2D eigenvalue weighted by Crippen LogP contribution is 2.49. The molecule has 3 atom stereocenters. The van der Waals surface area contributed by atoms with E-state index in [-0.39, 0.29) is 23.8 Å². The van der Waals surface area contributed by atoms with Crippen molar-refractivity contribution in [1.29, 1.82) is 0 Å². The molecule has 6 heteroatoms. The highest BCUT2D eigenvalue weighted by molar-refractivity contribution is 5.83. The molecule has 1 aliphatic heterocycles. The molecule has 1 aromatic carbocycles. The first-order valence-electron chi connectivity index (χ1n) is 7.58. The molecule has 22 heavy (non-hydrogen) atoms. The molecule has 0 aromatic heterocycles. The molecule has 1 aliphatic carbocycles. The largest absolute Gasteiger partial charge is 0.416 e. The lowest BCUT2D eigenvalue weighted by Crippen LogP contribution is -2.46. The first-order valence-corrected chi connectivity index (χ1v) is 7.58. The topological polar surface area (TPSA) is 46.3 Å². The number of nitrogens with two attached hydrogens (primary N) is 1. The Hall–Kier alpha value is -1.56. The number of likely N-dealkylation sites (tertiary alicyclic amines) is 1. The van der Waals surface area contributed by atoms with Crippen molar-refractivity contribution in [3.05, 3.63) is 35.4 Å². The van der Waals surface area contributed by atoms with Gasteiger partial charge in [-0.15, -0.1) is 0 Å². The fraction of sp³-hybridized carbons (Fsp3) is 0.562. The van der Waals surface area contributed by atoms with Crippen molar-refractivity contribution in [1.82, 2.24) is 4.90 Å². The summed E-state index contributed by atoms with van der Waals surface area (Å²) in [6.45, 7) is 1.33. The first kappa shape index (κ1) is 15.3. The zero-order valence-electron chi connectivity index (χ0n) is 12.1. The number of benzene rings is 1. The standard InChI is InChI=1S/C16H19F3N2O/c17-16(18,19)11-5-3-10(4-6-11)13-8-14(13)15(22)21-7-1-2-12(20)9-21/h3-6,12-14H,1-2,7-9,20H2/t12-,13+,14-/m1/s1. The van der Waals surface area contributed by atoms with Crippen LogP contribution in [0.2, 0.25) is 0 Å². The van der Waals surface area contributed by atoms with Crippen LogP contribution in [0.4, 0.5) is 13.2 Å². The summed E-state index contributed by atoms with van der Waals surface area (Å²) in [4.78, 5) is 14.2. The van der Waals surface area contributed by atoms with E-state index >= 15 is 0 Å². The maximum Gasteiger partial charge on any atom is 0.416 e. The van der Waals surface area contributed by atoms with Crippen molar-refractivity contribution in [2.45, 2.75) is 37.4 Å². The normalized spacial score (nSPS) is 28.5. The molecule has 1 saturated heterocycles. The molecule has 2 aliphatic rings. The molecule has 0 spiro atoms. The van der Waals surface area contributed by atoms with E-state index in [9.17, 15) is 18.0 Å². The third-order valence-electron chi connectivity index (χ3n) is 4.54. The van der Waals surface area contributed by atoms with E-state index in [2.05, 4.69) is 0 Å². The van der Waals surface area contributed by atoms with Gasteiger partial charge in [-0.3, -0.25) is 4.79 Å². The van der Waals surface area contributed by atoms with Gasteiger partial charge in [-0.05, 0) is 42.9 Å². The molecule has 1 heterocycles. The van der Waals surface area contributed by atoms with E-state index in [1.807, 2.05) is 4.90 Å². The number of halogens is 3. The van der Waals surface area contributed by atoms with Gasteiger partial charge in [0.25, 0.3) is 0 Å². The summed E-state index contributed by atoms with van der Waals surface area (Å²) < 4.78 is 37.6. The summed E-state index contributed by atoms with van der Waals surface area (Å²) in [5.41, 5.74) is 6.05. The number of amides is 1. The fourth-order valence-electron chi connectivity index (χ4n) is 3.20. The number of carbonyl (C=O) groups excluding carboxylic acids is 1. The third-order valence-corrected chi connectivity index (χ3v) is 4.54. The Morgan fingerprint density at radius 3 is 2.50 bits per heavy atom. The minimum atomic E-state index is -4.32. The van der Waals surface area contributed by atoms with Crippen molar-refractivity contribution in [3.8, 4) is 0 Å². The molecule has 2 fully saturated rings. The van der Waals surface area contributed by atoms with Crippen molar-refractivity contribution in [2.75, 3.05) is 13.1 Å². The summed E-state index contributed by atoms with van der Waals surface area (Å²) in [6, 6.07) is 5.20. The van der Waals surface area contributed by atoms with Crippen LogP contribution in [-0.2, 0) is 11.0 Å². The first-order chi connectivity index (χ1) is 10.4. The van der Waals surface area contributed by atoms with Gasteiger partial charge in [-0.1, -0.05) is 12.1 Å². The average Bonchev–Trinajstić information content (AvgIpc) is 3.26. The number of alkyl halides is 3. The molecule has 3 rings (SSSR count). The lowest BCUT2D eigenvalue weighted by Gasteiger charge is -2.31. The van der Waals surface area contributed by atoms with E-state index in [4.69, 9.17) is 5.73 Å². The number of hydrogen-bond acceptors (Lipinski definition) is 2. The van der Waals surface area contributed by atoms with E-state index in [0.717, 1.165) is 43.5 Å². The summed E-state index contributed by atoms with van der Waals surface area (Å²) in [7, 11) is 0. The predicted molar refractivity (Wildman–Crippen MR) is 76.1 cm³/mol. The van der Waals surface area contributed by atoms with Crippen molar-refractivity contribution in [3.63, 3.8) is 0 Å². The van der Waals surface area contributed by atoms with Gasteiger partial charge in [-0.2, -0.15) is 13.2 Å². The number of rotatable bonds is 2. The van der Waals surface area contributed by atoms with Crippen LogP contribution in [0, 0.1) is 5.92 Å². The fourth-order valence-corrected chi connectivity index (χ4v) is 3.20. The maximum atomic E-state index is 12.5. The summed E-state index contributed by atoms with van der Waals surface area (Å²) >= 11 is 0. The van der Waals surface area contributed by atoms with Crippen LogP contribution in [0.15, 0.2) is 24.3 Å². The molecular formula is C16H19F3N2O. The zero-order chi connectivity index (χ0) is 15.9. The SMILES string of the molecule is N[C@@H]1CCCN(C(=O)[C@@H]2C[C@H]2c2ccc(C(F)(F)F)cc2)C1. The van der Waals surface area contributed by atoms with Crippen LogP contribution in [-0.4, -0.2) is 29.9 Å². The van der Waals surface area contributed by atoms with Crippen LogP contribution in [0.1, 0.15) is 36.3 Å². The van der Waals surface area contributed by atoms with Crippen LogP contribution in [0.25, 0.3) is 0 Å². The molecule has 3 nitrogen and oxygen atoms in total. The molecule has 0 radical (unpaired) electrons. The van der Waals surface area contributed by atoms with Crippen LogP contribution in [0.3, 0.4) is 0 Å². The quantitative estimate of drug-likeness (QED) is 0.913. The Balaban J connectivity index is 1.63. The monoisotopic (exact) mass is 312 g/mol. The molecule has 2 N–H and O–H groups in total. The third kappa shape index (κ3) is 3.11. The molecule has 0 bridgehead atoms. The molecule has 120 valence electrons. The van der Waals surface area contributed by atoms with Gasteiger partial charge >= 0.3 is 6.18 Å². The van der Waals surface area contributed by atoms with Gasteiger partial charge in [0.05, 0.1) is 5.56 Å². The molecule has 1 amide bonds. The second-order valence-electron chi connectivity index (χ2n) is 6.26. The van der Waals surface area contributed by atoms with E-state index in [0.29, 0.717) is 6.54 Å². The zero-order valence-corrected chi connectivity index (χ0v) is 12.1. The second-order valence-corrected chi connectivity index (χ2v) is 6.26. The van der Waals surface area contributed by atoms with Crippen molar-refractivity contribution in [2.24, 2.45) is 11.7 Å². The average molecular weight is 312 g/mol. The number of hydrogen-bond donors (Lipinski definition) is 1. The van der Waals surface area contributed by atoms with Crippen molar-refractivity contribution < 1.29 is 18.0 Å². The number of nitrogens with zero attached hydrogens (tertiary/aromatic N) is 1.